The number of esters is 1. The highest BCUT2D eigenvalue weighted by Gasteiger charge is 2.32. The SMILES string of the molecule is CCOC(=O)CCCCCC[C@@H]1C(=O)CC[C@H]1C=Cc1cccc(Cl)c1. The van der Waals surface area contributed by atoms with Crippen molar-refractivity contribution in [3.05, 3.63) is 40.9 Å². The average Bonchev–Trinajstić information content (AvgIpc) is 2.96. The molecular weight excluding hydrogens is 348 g/mol. The topological polar surface area (TPSA) is 43.4 Å². The number of rotatable bonds is 10. The lowest BCUT2D eigenvalue weighted by Gasteiger charge is -2.15. The van der Waals surface area contributed by atoms with Gasteiger partial charge in [-0.2, -0.15) is 0 Å². The second-order valence-corrected chi connectivity index (χ2v) is 7.38. The maximum Gasteiger partial charge on any atom is 0.305 e. The summed E-state index contributed by atoms with van der Waals surface area (Å²) in [5, 5.41) is 0.731. The Morgan fingerprint density at radius 3 is 2.85 bits per heavy atom. The highest BCUT2D eigenvalue weighted by atomic mass is 35.5. The van der Waals surface area contributed by atoms with Crippen molar-refractivity contribution in [2.45, 2.75) is 58.3 Å². The van der Waals surface area contributed by atoms with E-state index >= 15 is 0 Å². The molecule has 0 radical (unpaired) electrons. The van der Waals surface area contributed by atoms with Crippen LogP contribution in [0.3, 0.4) is 0 Å². The van der Waals surface area contributed by atoms with E-state index in [1.807, 2.05) is 31.2 Å². The van der Waals surface area contributed by atoms with Crippen LogP contribution in [0.2, 0.25) is 5.02 Å². The van der Waals surface area contributed by atoms with Crippen LogP contribution in [-0.2, 0) is 14.3 Å². The van der Waals surface area contributed by atoms with E-state index in [2.05, 4.69) is 12.2 Å². The first-order valence-corrected chi connectivity index (χ1v) is 10.1. The maximum atomic E-state index is 12.2. The van der Waals surface area contributed by atoms with Crippen LogP contribution in [0.4, 0.5) is 0 Å². The molecule has 0 N–H and O–H groups in total. The first-order chi connectivity index (χ1) is 12.6. The summed E-state index contributed by atoms with van der Waals surface area (Å²) < 4.78 is 4.93. The number of benzene rings is 1. The van der Waals surface area contributed by atoms with Crippen molar-refractivity contribution in [1.82, 2.24) is 0 Å². The zero-order chi connectivity index (χ0) is 18.8. The van der Waals surface area contributed by atoms with Crippen molar-refractivity contribution < 1.29 is 14.3 Å². The Bertz CT molecular complexity index is 624. The van der Waals surface area contributed by atoms with Gasteiger partial charge in [0.1, 0.15) is 5.78 Å². The molecule has 0 heterocycles. The Morgan fingerprint density at radius 1 is 1.27 bits per heavy atom. The van der Waals surface area contributed by atoms with E-state index in [-0.39, 0.29) is 11.9 Å². The van der Waals surface area contributed by atoms with Crippen LogP contribution < -0.4 is 0 Å². The lowest BCUT2D eigenvalue weighted by atomic mass is 9.89. The molecule has 1 aliphatic carbocycles. The van der Waals surface area contributed by atoms with Crippen molar-refractivity contribution in [2.75, 3.05) is 6.61 Å². The van der Waals surface area contributed by atoms with Crippen molar-refractivity contribution in [1.29, 1.82) is 0 Å². The molecule has 0 aromatic heterocycles. The number of Topliss-reactive ketones (excluding diaryl/α,β-unsaturated/α-hetero) is 1. The molecular formula is C22H29ClO3. The van der Waals surface area contributed by atoms with Gasteiger partial charge < -0.3 is 4.74 Å². The van der Waals surface area contributed by atoms with Crippen LogP contribution in [0, 0.1) is 11.8 Å². The summed E-state index contributed by atoms with van der Waals surface area (Å²) in [5.74, 6) is 0.776. The molecule has 1 saturated carbocycles. The number of ketones is 1. The summed E-state index contributed by atoms with van der Waals surface area (Å²) in [6.07, 6.45) is 11.3. The van der Waals surface area contributed by atoms with Gasteiger partial charge in [-0.15, -0.1) is 0 Å². The molecule has 1 aromatic rings. The number of halogens is 1. The van der Waals surface area contributed by atoms with Crippen LogP contribution in [0.25, 0.3) is 6.08 Å². The monoisotopic (exact) mass is 376 g/mol. The Labute approximate surface area is 161 Å². The molecule has 4 heteroatoms. The standard InChI is InChI=1S/C22H29ClO3/c1-2-26-22(25)11-6-4-3-5-10-20-18(14-15-21(20)24)13-12-17-8-7-9-19(23)16-17/h7-9,12-13,16,18,20H,2-6,10-11,14-15H2,1H3/t18-,20+/m1/s1. The van der Waals surface area contributed by atoms with Crippen LogP contribution >= 0.6 is 11.6 Å². The number of carbonyl (C=O) groups excluding carboxylic acids is 2. The quantitative estimate of drug-likeness (QED) is 0.380. The molecule has 1 aliphatic rings. The largest absolute Gasteiger partial charge is 0.466 e. The molecule has 1 aromatic carbocycles. The normalized spacial score (nSPS) is 20.0. The van der Waals surface area contributed by atoms with Gasteiger partial charge in [0.05, 0.1) is 6.61 Å². The lowest BCUT2D eigenvalue weighted by molar-refractivity contribution is -0.143. The van der Waals surface area contributed by atoms with Crippen LogP contribution in [0.15, 0.2) is 30.3 Å². The first kappa shape index (κ1) is 20.7. The first-order valence-electron chi connectivity index (χ1n) is 9.72. The van der Waals surface area contributed by atoms with Gasteiger partial charge >= 0.3 is 5.97 Å². The van der Waals surface area contributed by atoms with Gasteiger partial charge in [0.15, 0.2) is 0 Å². The summed E-state index contributed by atoms with van der Waals surface area (Å²) >= 11 is 6.02. The lowest BCUT2D eigenvalue weighted by Crippen LogP contribution is -2.13. The van der Waals surface area contributed by atoms with E-state index in [9.17, 15) is 9.59 Å². The van der Waals surface area contributed by atoms with Gasteiger partial charge in [0.25, 0.3) is 0 Å². The van der Waals surface area contributed by atoms with Gasteiger partial charge in [-0.05, 0) is 49.8 Å². The third-order valence-corrected chi connectivity index (χ3v) is 5.23. The molecule has 0 saturated heterocycles. The summed E-state index contributed by atoms with van der Waals surface area (Å²) in [6, 6.07) is 7.77. The zero-order valence-corrected chi connectivity index (χ0v) is 16.3. The molecule has 0 aliphatic heterocycles. The predicted octanol–water partition coefficient (Wildman–Crippen LogP) is 5.85. The summed E-state index contributed by atoms with van der Waals surface area (Å²) in [4.78, 5) is 23.5. The van der Waals surface area contributed by atoms with Gasteiger partial charge in [-0.25, -0.2) is 0 Å². The molecule has 0 spiro atoms. The van der Waals surface area contributed by atoms with Crippen LogP contribution in [0.5, 0.6) is 0 Å². The van der Waals surface area contributed by atoms with Crippen LogP contribution in [-0.4, -0.2) is 18.4 Å². The predicted molar refractivity (Wildman–Crippen MR) is 106 cm³/mol. The minimum Gasteiger partial charge on any atom is -0.466 e. The van der Waals surface area contributed by atoms with Crippen molar-refractivity contribution in [3.8, 4) is 0 Å². The van der Waals surface area contributed by atoms with Gasteiger partial charge in [-0.3, -0.25) is 9.59 Å². The molecule has 0 bridgehead atoms. The number of allylic oxidation sites excluding steroid dienone is 1. The van der Waals surface area contributed by atoms with Crippen molar-refractivity contribution in [2.24, 2.45) is 11.8 Å². The fourth-order valence-electron chi connectivity index (χ4n) is 3.60. The zero-order valence-electron chi connectivity index (χ0n) is 15.6. The van der Waals surface area contributed by atoms with Crippen molar-refractivity contribution in [3.63, 3.8) is 0 Å². The summed E-state index contributed by atoms with van der Waals surface area (Å²) in [5.41, 5.74) is 1.08. The van der Waals surface area contributed by atoms with E-state index in [0.717, 1.165) is 49.1 Å². The molecule has 26 heavy (non-hydrogen) atoms. The number of hydrogen-bond donors (Lipinski definition) is 0. The summed E-state index contributed by atoms with van der Waals surface area (Å²) in [7, 11) is 0. The van der Waals surface area contributed by atoms with E-state index < -0.39 is 0 Å². The second kappa shape index (κ2) is 11.2. The molecule has 3 nitrogen and oxygen atoms in total. The Kier molecular flexibility index (Phi) is 8.90. The van der Waals surface area contributed by atoms with Gasteiger partial charge in [0, 0.05) is 23.8 Å². The van der Waals surface area contributed by atoms with E-state index in [0.29, 0.717) is 31.1 Å². The second-order valence-electron chi connectivity index (χ2n) is 6.95. The minimum atomic E-state index is -0.107. The number of unbranched alkanes of at least 4 members (excludes halogenated alkanes) is 3. The Morgan fingerprint density at radius 2 is 2.08 bits per heavy atom. The fraction of sp³-hybridized carbons (Fsp3) is 0.545. The Balaban J connectivity index is 1.73. The van der Waals surface area contributed by atoms with Gasteiger partial charge in [-0.1, -0.05) is 55.1 Å². The third kappa shape index (κ3) is 6.95. The van der Waals surface area contributed by atoms with E-state index in [4.69, 9.17) is 16.3 Å². The molecule has 2 atom stereocenters. The molecule has 0 unspecified atom stereocenters. The summed E-state index contributed by atoms with van der Waals surface area (Å²) in [6.45, 7) is 2.28. The smallest absolute Gasteiger partial charge is 0.305 e. The highest BCUT2D eigenvalue weighted by molar-refractivity contribution is 6.30. The molecule has 2 rings (SSSR count). The molecule has 142 valence electrons. The number of carbonyl (C=O) groups is 2. The van der Waals surface area contributed by atoms with Gasteiger partial charge in [0.2, 0.25) is 0 Å². The van der Waals surface area contributed by atoms with Crippen molar-refractivity contribution >= 4 is 29.4 Å². The Hall–Kier alpha value is -1.61. The van der Waals surface area contributed by atoms with E-state index in [1.165, 1.54) is 0 Å². The number of ether oxygens (including phenoxy) is 1. The maximum absolute atomic E-state index is 12.2. The highest BCUT2D eigenvalue weighted by Crippen LogP contribution is 2.34. The average molecular weight is 377 g/mol. The van der Waals surface area contributed by atoms with Crippen LogP contribution in [0.1, 0.15) is 63.9 Å². The fourth-order valence-corrected chi connectivity index (χ4v) is 3.80. The molecule has 1 fully saturated rings. The van der Waals surface area contributed by atoms with E-state index in [1.54, 1.807) is 0 Å². The number of hydrogen-bond acceptors (Lipinski definition) is 3. The third-order valence-electron chi connectivity index (χ3n) is 4.99. The minimum absolute atomic E-state index is 0.107. The molecule has 0 amide bonds.